The minimum absolute atomic E-state index is 0.175. The Morgan fingerprint density at radius 3 is 2.81 bits per heavy atom. The average Bonchev–Trinajstić information content (AvgIpc) is 2.28. The molecule has 0 saturated carbocycles. The maximum absolute atomic E-state index is 11.3. The van der Waals surface area contributed by atoms with Gasteiger partial charge < -0.3 is 5.32 Å². The molecule has 0 heterocycles. The lowest BCUT2D eigenvalue weighted by Crippen LogP contribution is -2.17. The molecule has 0 bridgehead atoms. The summed E-state index contributed by atoms with van der Waals surface area (Å²) in [6, 6.07) is 8.40. The third-order valence-corrected chi connectivity index (χ3v) is 2.08. The van der Waals surface area contributed by atoms with Crippen LogP contribution in [0.1, 0.15) is 12.0 Å². The number of benzene rings is 1. The van der Waals surface area contributed by atoms with Gasteiger partial charge in [0.1, 0.15) is 0 Å². The van der Waals surface area contributed by atoms with E-state index >= 15 is 0 Å². The molecule has 0 aliphatic heterocycles. The van der Waals surface area contributed by atoms with Crippen molar-refractivity contribution in [2.75, 3.05) is 11.2 Å². The molecule has 0 aliphatic rings. The Labute approximate surface area is 97.8 Å². The number of alkyl halides is 1. The second-order valence-corrected chi connectivity index (χ2v) is 3.36. The summed E-state index contributed by atoms with van der Waals surface area (Å²) in [7, 11) is 0. The van der Waals surface area contributed by atoms with Crippen molar-refractivity contribution >= 4 is 29.0 Å². The van der Waals surface area contributed by atoms with E-state index in [0.717, 1.165) is 0 Å². The monoisotopic (exact) mass is 236 g/mol. The predicted octanol–water partition coefficient (Wildman–Crippen LogP) is 1.69. The molecule has 16 heavy (non-hydrogen) atoms. The first-order chi connectivity index (χ1) is 7.65. The van der Waals surface area contributed by atoms with Gasteiger partial charge in [-0.3, -0.25) is 9.59 Å². The number of nitriles is 1. The van der Waals surface area contributed by atoms with Crippen molar-refractivity contribution in [2.45, 2.75) is 6.42 Å². The molecule has 82 valence electrons. The van der Waals surface area contributed by atoms with Gasteiger partial charge >= 0.3 is 0 Å². The fourth-order valence-corrected chi connectivity index (χ4v) is 1.19. The lowest BCUT2D eigenvalue weighted by Gasteiger charge is -2.03. The van der Waals surface area contributed by atoms with E-state index in [2.05, 4.69) is 5.32 Å². The van der Waals surface area contributed by atoms with Crippen LogP contribution in [-0.2, 0) is 9.59 Å². The molecule has 0 radical (unpaired) electrons. The number of halogens is 1. The van der Waals surface area contributed by atoms with Crippen molar-refractivity contribution in [3.8, 4) is 6.07 Å². The summed E-state index contributed by atoms with van der Waals surface area (Å²) in [5.74, 6) is -0.942. The molecule has 0 spiro atoms. The highest BCUT2D eigenvalue weighted by Gasteiger charge is 2.08. The van der Waals surface area contributed by atoms with Gasteiger partial charge in [0, 0.05) is 5.69 Å². The number of Topliss-reactive ketones (excluding diaryl/α,β-unsaturated/α-hetero) is 1. The summed E-state index contributed by atoms with van der Waals surface area (Å²) < 4.78 is 0. The number of carbonyl (C=O) groups excluding carboxylic acids is 2. The van der Waals surface area contributed by atoms with Crippen molar-refractivity contribution in [3.63, 3.8) is 0 Å². The zero-order valence-electron chi connectivity index (χ0n) is 8.37. The van der Waals surface area contributed by atoms with Crippen molar-refractivity contribution < 1.29 is 9.59 Å². The molecule has 1 rings (SSSR count). The van der Waals surface area contributed by atoms with Crippen LogP contribution in [0.25, 0.3) is 0 Å². The van der Waals surface area contributed by atoms with Gasteiger partial charge in [0.15, 0.2) is 5.78 Å². The largest absolute Gasteiger partial charge is 0.326 e. The zero-order chi connectivity index (χ0) is 12.0. The molecule has 0 atom stereocenters. The van der Waals surface area contributed by atoms with Gasteiger partial charge in [0.2, 0.25) is 5.91 Å². The second kappa shape index (κ2) is 5.89. The van der Waals surface area contributed by atoms with E-state index in [4.69, 9.17) is 16.9 Å². The summed E-state index contributed by atoms with van der Waals surface area (Å²) >= 11 is 5.27. The average molecular weight is 237 g/mol. The van der Waals surface area contributed by atoms with E-state index in [1.165, 1.54) is 6.07 Å². The first-order valence-electron chi connectivity index (χ1n) is 4.53. The number of nitrogens with zero attached hydrogens (tertiary/aromatic N) is 1. The van der Waals surface area contributed by atoms with Crippen molar-refractivity contribution in [1.82, 2.24) is 0 Å². The standard InChI is InChI=1S/C11H9ClN2O2/c12-6-10(15)5-11(16)14-9-3-1-2-8(4-9)7-13/h1-4H,5-6H2,(H,14,16). The number of hydrogen-bond donors (Lipinski definition) is 1. The zero-order valence-corrected chi connectivity index (χ0v) is 9.12. The van der Waals surface area contributed by atoms with E-state index in [1.807, 2.05) is 6.07 Å². The highest BCUT2D eigenvalue weighted by molar-refractivity contribution is 6.29. The first kappa shape index (κ1) is 12.2. The molecular formula is C11H9ClN2O2. The highest BCUT2D eigenvalue weighted by atomic mass is 35.5. The number of rotatable bonds is 4. The van der Waals surface area contributed by atoms with Crippen LogP contribution in [0.3, 0.4) is 0 Å². The molecule has 0 unspecified atom stereocenters. The van der Waals surface area contributed by atoms with Crippen LogP contribution in [0.2, 0.25) is 0 Å². The maximum Gasteiger partial charge on any atom is 0.231 e. The van der Waals surface area contributed by atoms with Gasteiger partial charge in [-0.15, -0.1) is 11.6 Å². The van der Waals surface area contributed by atoms with E-state index in [0.29, 0.717) is 11.3 Å². The molecule has 1 aromatic rings. The van der Waals surface area contributed by atoms with Crippen LogP contribution in [-0.4, -0.2) is 17.6 Å². The Morgan fingerprint density at radius 2 is 2.19 bits per heavy atom. The van der Waals surface area contributed by atoms with E-state index in [1.54, 1.807) is 18.2 Å². The number of carbonyl (C=O) groups is 2. The van der Waals surface area contributed by atoms with Crippen LogP contribution in [0.15, 0.2) is 24.3 Å². The molecule has 0 aliphatic carbocycles. The SMILES string of the molecule is N#Cc1cccc(NC(=O)CC(=O)CCl)c1. The van der Waals surface area contributed by atoms with Gasteiger partial charge in [0.25, 0.3) is 0 Å². The number of anilines is 1. The third-order valence-electron chi connectivity index (χ3n) is 1.78. The highest BCUT2D eigenvalue weighted by Crippen LogP contribution is 2.10. The molecule has 1 aromatic carbocycles. The fraction of sp³-hybridized carbons (Fsp3) is 0.182. The number of hydrogen-bond acceptors (Lipinski definition) is 3. The maximum atomic E-state index is 11.3. The summed E-state index contributed by atoms with van der Waals surface area (Å²) in [4.78, 5) is 22.2. The lowest BCUT2D eigenvalue weighted by molar-refractivity contribution is -0.124. The van der Waals surface area contributed by atoms with Crippen LogP contribution < -0.4 is 5.32 Å². The van der Waals surface area contributed by atoms with Gasteiger partial charge in [0.05, 0.1) is 23.9 Å². The van der Waals surface area contributed by atoms with Gasteiger partial charge in [-0.05, 0) is 18.2 Å². The summed E-state index contributed by atoms with van der Waals surface area (Å²) in [6.45, 7) is 0. The van der Waals surface area contributed by atoms with Crippen LogP contribution in [0, 0.1) is 11.3 Å². The minimum atomic E-state index is -0.430. The van der Waals surface area contributed by atoms with E-state index in [-0.39, 0.29) is 18.1 Å². The molecular weight excluding hydrogens is 228 g/mol. The minimum Gasteiger partial charge on any atom is -0.326 e. The topological polar surface area (TPSA) is 70.0 Å². The number of nitrogens with one attached hydrogen (secondary N) is 1. The Hall–Kier alpha value is -1.86. The molecule has 1 amide bonds. The smallest absolute Gasteiger partial charge is 0.231 e. The van der Waals surface area contributed by atoms with E-state index in [9.17, 15) is 9.59 Å². The normalized spacial score (nSPS) is 9.25. The van der Waals surface area contributed by atoms with Gasteiger partial charge in [-0.25, -0.2) is 0 Å². The lowest BCUT2D eigenvalue weighted by atomic mass is 10.2. The molecule has 0 fully saturated rings. The molecule has 1 N–H and O–H groups in total. The summed E-state index contributed by atoms with van der Waals surface area (Å²) in [5, 5.41) is 11.2. The Balaban J connectivity index is 2.63. The molecule has 4 nitrogen and oxygen atoms in total. The quantitative estimate of drug-likeness (QED) is 0.639. The van der Waals surface area contributed by atoms with Gasteiger partial charge in [-0.1, -0.05) is 6.07 Å². The Morgan fingerprint density at radius 1 is 1.44 bits per heavy atom. The number of amides is 1. The second-order valence-electron chi connectivity index (χ2n) is 3.09. The fourth-order valence-electron chi connectivity index (χ4n) is 1.10. The van der Waals surface area contributed by atoms with Crippen molar-refractivity contribution in [1.29, 1.82) is 5.26 Å². The molecule has 0 saturated heterocycles. The van der Waals surface area contributed by atoms with Crippen LogP contribution in [0.4, 0.5) is 5.69 Å². The Bertz CT molecular complexity index is 452. The van der Waals surface area contributed by atoms with Crippen molar-refractivity contribution in [2.24, 2.45) is 0 Å². The summed E-state index contributed by atoms with van der Waals surface area (Å²) in [6.07, 6.45) is -0.250. The van der Waals surface area contributed by atoms with Crippen LogP contribution >= 0.6 is 11.6 Å². The first-order valence-corrected chi connectivity index (χ1v) is 5.07. The number of ketones is 1. The van der Waals surface area contributed by atoms with Gasteiger partial charge in [-0.2, -0.15) is 5.26 Å². The molecule has 5 heteroatoms. The third kappa shape index (κ3) is 3.71. The summed E-state index contributed by atoms with van der Waals surface area (Å²) in [5.41, 5.74) is 0.938. The molecule has 0 aromatic heterocycles. The Kier molecular flexibility index (Phi) is 4.49. The van der Waals surface area contributed by atoms with E-state index < -0.39 is 5.91 Å². The van der Waals surface area contributed by atoms with Crippen molar-refractivity contribution in [3.05, 3.63) is 29.8 Å². The predicted molar refractivity (Wildman–Crippen MR) is 60.1 cm³/mol. The van der Waals surface area contributed by atoms with Crippen LogP contribution in [0.5, 0.6) is 0 Å².